The van der Waals surface area contributed by atoms with Crippen molar-refractivity contribution in [3.63, 3.8) is 0 Å². The van der Waals surface area contributed by atoms with Gasteiger partial charge in [-0.15, -0.1) is 0 Å². The van der Waals surface area contributed by atoms with Gasteiger partial charge in [-0.2, -0.15) is 0 Å². The molecule has 0 spiro atoms. The minimum atomic E-state index is 0.0719. The van der Waals surface area contributed by atoms with Crippen LogP contribution in [0.5, 0.6) is 0 Å². The molecule has 1 unspecified atom stereocenters. The van der Waals surface area contributed by atoms with Crippen LogP contribution in [0, 0.1) is 11.8 Å². The third kappa shape index (κ3) is 4.15. The summed E-state index contributed by atoms with van der Waals surface area (Å²) < 4.78 is 0. The van der Waals surface area contributed by atoms with Gasteiger partial charge < -0.3 is 15.5 Å². The average molecular weight is 257 g/mol. The number of urea groups is 1. The minimum Gasteiger partial charge on any atom is -0.393 e. The SMILES string of the molecule is CC1CCN(C(=O)N(C)CC(C)C(N)=S)CC1. The fourth-order valence-electron chi connectivity index (χ4n) is 2.02. The number of carbonyl (C=O) groups is 1. The molecule has 0 aliphatic carbocycles. The molecule has 1 aliphatic heterocycles. The molecule has 0 radical (unpaired) electrons. The van der Waals surface area contributed by atoms with Crippen molar-refractivity contribution in [2.75, 3.05) is 26.7 Å². The number of amides is 2. The van der Waals surface area contributed by atoms with Gasteiger partial charge in [-0.25, -0.2) is 4.79 Å². The van der Waals surface area contributed by atoms with E-state index >= 15 is 0 Å². The molecule has 0 bridgehead atoms. The lowest BCUT2D eigenvalue weighted by molar-refractivity contribution is 0.141. The molecule has 1 saturated heterocycles. The van der Waals surface area contributed by atoms with E-state index in [1.54, 1.807) is 4.90 Å². The smallest absolute Gasteiger partial charge is 0.319 e. The zero-order valence-corrected chi connectivity index (χ0v) is 11.8. The van der Waals surface area contributed by atoms with Crippen molar-refractivity contribution in [3.8, 4) is 0 Å². The Hall–Kier alpha value is -0.840. The third-order valence-corrected chi connectivity index (χ3v) is 3.82. The van der Waals surface area contributed by atoms with Crippen LogP contribution in [-0.4, -0.2) is 47.5 Å². The molecule has 0 saturated carbocycles. The topological polar surface area (TPSA) is 49.6 Å². The van der Waals surface area contributed by atoms with Crippen molar-refractivity contribution < 1.29 is 4.79 Å². The summed E-state index contributed by atoms with van der Waals surface area (Å²) in [7, 11) is 1.81. The highest BCUT2D eigenvalue weighted by atomic mass is 32.1. The summed E-state index contributed by atoms with van der Waals surface area (Å²) in [5, 5.41) is 0. The molecule has 1 fully saturated rings. The van der Waals surface area contributed by atoms with Crippen LogP contribution in [0.1, 0.15) is 26.7 Å². The molecular weight excluding hydrogens is 234 g/mol. The van der Waals surface area contributed by atoms with Crippen molar-refractivity contribution >= 4 is 23.2 Å². The largest absolute Gasteiger partial charge is 0.393 e. The Bertz CT molecular complexity index is 287. The van der Waals surface area contributed by atoms with Crippen molar-refractivity contribution in [2.24, 2.45) is 17.6 Å². The fourth-order valence-corrected chi connectivity index (χ4v) is 2.09. The maximum atomic E-state index is 12.1. The summed E-state index contributed by atoms with van der Waals surface area (Å²) in [6.07, 6.45) is 2.20. The van der Waals surface area contributed by atoms with Gasteiger partial charge in [-0.1, -0.05) is 26.1 Å². The Morgan fingerprint density at radius 2 is 2.06 bits per heavy atom. The van der Waals surface area contributed by atoms with E-state index in [0.29, 0.717) is 11.5 Å². The number of piperidine rings is 1. The molecule has 0 aromatic heterocycles. The Balaban J connectivity index is 2.43. The van der Waals surface area contributed by atoms with Crippen LogP contribution >= 0.6 is 12.2 Å². The van der Waals surface area contributed by atoms with Gasteiger partial charge in [0.2, 0.25) is 0 Å². The van der Waals surface area contributed by atoms with Crippen LogP contribution in [0.4, 0.5) is 4.79 Å². The lowest BCUT2D eigenvalue weighted by atomic mass is 9.99. The summed E-state index contributed by atoms with van der Waals surface area (Å²) in [5.74, 6) is 0.808. The number of hydrogen-bond donors (Lipinski definition) is 1. The Kier molecular flexibility index (Phi) is 5.18. The van der Waals surface area contributed by atoms with Crippen LogP contribution in [-0.2, 0) is 0 Å². The molecular formula is C12H23N3OS. The Morgan fingerprint density at radius 3 is 2.53 bits per heavy atom. The molecule has 0 aromatic carbocycles. The first kappa shape index (κ1) is 14.2. The second kappa shape index (κ2) is 6.19. The second-order valence-electron chi connectivity index (χ2n) is 5.14. The molecule has 5 heteroatoms. The monoisotopic (exact) mass is 257 g/mol. The van der Waals surface area contributed by atoms with Gasteiger partial charge in [0.1, 0.15) is 0 Å². The third-order valence-electron chi connectivity index (χ3n) is 3.41. The van der Waals surface area contributed by atoms with E-state index in [9.17, 15) is 4.79 Å². The van der Waals surface area contributed by atoms with Gasteiger partial charge in [-0.3, -0.25) is 0 Å². The van der Waals surface area contributed by atoms with Gasteiger partial charge >= 0.3 is 6.03 Å². The van der Waals surface area contributed by atoms with E-state index in [1.165, 1.54) is 0 Å². The highest BCUT2D eigenvalue weighted by Crippen LogP contribution is 2.17. The Morgan fingerprint density at radius 1 is 1.53 bits per heavy atom. The van der Waals surface area contributed by atoms with E-state index in [-0.39, 0.29) is 11.9 Å². The molecule has 1 aliphatic rings. The van der Waals surface area contributed by atoms with Gasteiger partial charge in [0.25, 0.3) is 0 Å². The van der Waals surface area contributed by atoms with E-state index in [1.807, 2.05) is 18.9 Å². The number of hydrogen-bond acceptors (Lipinski definition) is 2. The van der Waals surface area contributed by atoms with Crippen LogP contribution in [0.3, 0.4) is 0 Å². The van der Waals surface area contributed by atoms with Crippen LogP contribution in [0.25, 0.3) is 0 Å². The quantitative estimate of drug-likeness (QED) is 0.783. The van der Waals surface area contributed by atoms with E-state index in [4.69, 9.17) is 18.0 Å². The van der Waals surface area contributed by atoms with E-state index in [2.05, 4.69) is 6.92 Å². The fraction of sp³-hybridized carbons (Fsp3) is 0.833. The normalized spacial score (nSPS) is 18.9. The van der Waals surface area contributed by atoms with Gasteiger partial charge in [0.15, 0.2) is 0 Å². The second-order valence-corrected chi connectivity index (χ2v) is 5.61. The predicted molar refractivity (Wildman–Crippen MR) is 73.9 cm³/mol. The summed E-state index contributed by atoms with van der Waals surface area (Å²) in [5.41, 5.74) is 5.56. The van der Waals surface area contributed by atoms with Crippen LogP contribution < -0.4 is 5.73 Å². The average Bonchev–Trinajstić information content (AvgIpc) is 2.28. The predicted octanol–water partition coefficient (Wildman–Crippen LogP) is 1.69. The standard InChI is InChI=1S/C12H23N3OS/c1-9-4-6-15(7-5-9)12(16)14(3)8-10(2)11(13)17/h9-10H,4-8H2,1-3H3,(H2,13,17). The zero-order chi connectivity index (χ0) is 13.0. The molecule has 17 heavy (non-hydrogen) atoms. The van der Waals surface area contributed by atoms with Crippen LogP contribution in [0.15, 0.2) is 0 Å². The first-order valence-corrected chi connectivity index (χ1v) is 6.62. The number of nitrogens with zero attached hydrogens (tertiary/aromatic N) is 2. The Labute approximate surface area is 109 Å². The van der Waals surface area contributed by atoms with Gasteiger partial charge in [0, 0.05) is 32.6 Å². The van der Waals surface area contributed by atoms with Crippen molar-refractivity contribution in [2.45, 2.75) is 26.7 Å². The number of nitrogens with two attached hydrogens (primary N) is 1. The van der Waals surface area contributed by atoms with E-state index < -0.39 is 0 Å². The number of carbonyl (C=O) groups excluding carboxylic acids is 1. The van der Waals surface area contributed by atoms with Gasteiger partial charge in [0.05, 0.1) is 4.99 Å². The highest BCUT2D eigenvalue weighted by molar-refractivity contribution is 7.80. The van der Waals surface area contributed by atoms with Crippen LogP contribution in [0.2, 0.25) is 0 Å². The van der Waals surface area contributed by atoms with Crippen molar-refractivity contribution in [1.82, 2.24) is 9.80 Å². The summed E-state index contributed by atoms with van der Waals surface area (Å²) in [4.78, 5) is 16.2. The molecule has 2 amide bonds. The molecule has 2 N–H and O–H groups in total. The molecule has 1 rings (SSSR count). The molecule has 0 aromatic rings. The number of rotatable bonds is 3. The van der Waals surface area contributed by atoms with Crippen molar-refractivity contribution in [3.05, 3.63) is 0 Å². The lowest BCUT2D eigenvalue weighted by Gasteiger charge is -2.34. The maximum Gasteiger partial charge on any atom is 0.319 e. The van der Waals surface area contributed by atoms with E-state index in [0.717, 1.165) is 31.8 Å². The first-order chi connectivity index (χ1) is 7.91. The molecule has 1 atom stereocenters. The van der Waals surface area contributed by atoms with Gasteiger partial charge in [-0.05, 0) is 18.8 Å². The zero-order valence-electron chi connectivity index (χ0n) is 11.0. The number of thiocarbonyl (C=S) groups is 1. The minimum absolute atomic E-state index is 0.0719. The summed E-state index contributed by atoms with van der Waals surface area (Å²) in [6, 6.07) is 0.0972. The highest BCUT2D eigenvalue weighted by Gasteiger charge is 2.23. The summed E-state index contributed by atoms with van der Waals surface area (Å²) in [6.45, 7) is 6.52. The van der Waals surface area contributed by atoms with Crippen molar-refractivity contribution in [1.29, 1.82) is 0 Å². The first-order valence-electron chi connectivity index (χ1n) is 6.21. The maximum absolute atomic E-state index is 12.1. The summed E-state index contributed by atoms with van der Waals surface area (Å²) >= 11 is 4.92. The lowest BCUT2D eigenvalue weighted by Crippen LogP contribution is -2.47. The molecule has 4 nitrogen and oxygen atoms in total. The molecule has 98 valence electrons. The molecule has 1 heterocycles. The number of likely N-dealkylation sites (tertiary alicyclic amines) is 1.